The first-order valence-electron chi connectivity index (χ1n) is 12.3. The number of ketones is 1. The van der Waals surface area contributed by atoms with Crippen molar-refractivity contribution >= 4 is 11.6 Å². The minimum Gasteiger partial charge on any atom is -0.390 e. The van der Waals surface area contributed by atoms with Crippen LogP contribution in [-0.2, 0) is 0 Å². The Kier molecular flexibility index (Phi) is 11.9. The Bertz CT molecular complexity index is 629. The summed E-state index contributed by atoms with van der Waals surface area (Å²) < 4.78 is 0.558. The molecule has 0 aromatic heterocycles. The second-order valence-electron chi connectivity index (χ2n) is 8.85. The summed E-state index contributed by atoms with van der Waals surface area (Å²) >= 11 is 0. The fraction of sp³-hybridized carbons (Fsp3) is 0.692. The summed E-state index contributed by atoms with van der Waals surface area (Å²) in [6, 6.07) is 9.52. The van der Waals surface area contributed by atoms with Crippen LogP contribution >= 0.6 is 0 Å². The number of unbranched alkanes of at least 4 members (excludes halogenated alkanes) is 10. The van der Waals surface area contributed by atoms with Gasteiger partial charge in [0, 0.05) is 12.0 Å². The minimum atomic E-state index is 0.0966. The standard InChI is InChI=1S/C26H43N2O2/c1-2-3-4-5-6-7-8-9-10-11-15-18-26-27-19-20-28(26,21-22-29)23-25(30)24-16-13-12-14-17-24/h12-14,16-17,29H,2-11,15,18-23H2,1H3/q+1. The number of carbonyl (C=O) groups is 1. The number of rotatable bonds is 17. The van der Waals surface area contributed by atoms with Crippen molar-refractivity contribution < 1.29 is 14.4 Å². The van der Waals surface area contributed by atoms with Gasteiger partial charge in [0.15, 0.2) is 5.84 Å². The van der Waals surface area contributed by atoms with Gasteiger partial charge in [-0.3, -0.25) is 9.28 Å². The molecule has 30 heavy (non-hydrogen) atoms. The van der Waals surface area contributed by atoms with E-state index >= 15 is 0 Å². The molecule has 4 nitrogen and oxygen atoms in total. The van der Waals surface area contributed by atoms with Crippen LogP contribution in [-0.4, -0.2) is 54.0 Å². The zero-order valence-corrected chi connectivity index (χ0v) is 19.2. The van der Waals surface area contributed by atoms with Crippen LogP contribution in [0, 0.1) is 0 Å². The molecule has 2 rings (SSSR count). The van der Waals surface area contributed by atoms with Gasteiger partial charge in [-0.1, -0.05) is 101 Å². The van der Waals surface area contributed by atoms with E-state index in [2.05, 4.69) is 6.92 Å². The lowest BCUT2D eigenvalue weighted by Crippen LogP contribution is -2.55. The fourth-order valence-electron chi connectivity index (χ4n) is 4.58. The Morgan fingerprint density at radius 1 is 0.933 bits per heavy atom. The molecular formula is C26H43N2O2+. The third-order valence-corrected chi connectivity index (χ3v) is 6.44. The molecule has 1 aliphatic heterocycles. The lowest BCUT2D eigenvalue weighted by molar-refractivity contribution is -0.828. The summed E-state index contributed by atoms with van der Waals surface area (Å²) in [7, 11) is 0. The normalized spacial score (nSPS) is 18.5. The predicted octanol–water partition coefficient (Wildman–Crippen LogP) is 5.79. The van der Waals surface area contributed by atoms with E-state index in [9.17, 15) is 9.90 Å². The molecule has 0 bridgehead atoms. The molecule has 0 saturated heterocycles. The number of Topliss-reactive ketones (excluding diaryl/α,β-unsaturated/α-hetero) is 1. The van der Waals surface area contributed by atoms with E-state index in [0.717, 1.165) is 37.3 Å². The molecule has 0 saturated carbocycles. The highest BCUT2D eigenvalue weighted by atomic mass is 16.3. The molecule has 0 radical (unpaired) electrons. The van der Waals surface area contributed by atoms with Crippen LogP contribution in [0.2, 0.25) is 0 Å². The van der Waals surface area contributed by atoms with Gasteiger partial charge < -0.3 is 5.11 Å². The number of aliphatic hydroxyl groups is 1. The van der Waals surface area contributed by atoms with Crippen molar-refractivity contribution in [2.45, 2.75) is 84.0 Å². The molecule has 1 aromatic carbocycles. The van der Waals surface area contributed by atoms with Crippen LogP contribution in [0.15, 0.2) is 35.3 Å². The molecule has 0 amide bonds. The van der Waals surface area contributed by atoms with E-state index in [1.54, 1.807) is 0 Å². The highest BCUT2D eigenvalue weighted by Crippen LogP contribution is 2.21. The average molecular weight is 416 g/mol. The summed E-state index contributed by atoms with van der Waals surface area (Å²) in [5.41, 5.74) is 0.758. The molecule has 0 spiro atoms. The lowest BCUT2D eigenvalue weighted by Gasteiger charge is -2.33. The number of carbonyl (C=O) groups excluding carboxylic acids is 1. The van der Waals surface area contributed by atoms with Crippen molar-refractivity contribution in [2.75, 3.05) is 32.8 Å². The number of aliphatic imine (C=N–C) groups is 1. The maximum absolute atomic E-state index is 12.8. The van der Waals surface area contributed by atoms with Crippen molar-refractivity contribution in [3.63, 3.8) is 0 Å². The third kappa shape index (κ3) is 8.31. The Morgan fingerprint density at radius 2 is 1.53 bits per heavy atom. The molecule has 1 unspecified atom stereocenters. The van der Waals surface area contributed by atoms with E-state index in [4.69, 9.17) is 4.99 Å². The predicted molar refractivity (Wildman–Crippen MR) is 126 cm³/mol. The van der Waals surface area contributed by atoms with Gasteiger partial charge in [-0.2, -0.15) is 0 Å². The second-order valence-corrected chi connectivity index (χ2v) is 8.85. The molecule has 1 N–H and O–H groups in total. The van der Waals surface area contributed by atoms with Gasteiger partial charge in [0.2, 0.25) is 5.78 Å². The SMILES string of the molecule is CCCCCCCCCCCCCC1=NCC[N+]1(CCO)CC(=O)c1ccccc1. The van der Waals surface area contributed by atoms with E-state index in [1.165, 1.54) is 64.2 Å². The van der Waals surface area contributed by atoms with E-state index < -0.39 is 0 Å². The van der Waals surface area contributed by atoms with Crippen LogP contribution < -0.4 is 0 Å². The number of hydrogen-bond acceptors (Lipinski definition) is 3. The fourth-order valence-corrected chi connectivity index (χ4v) is 4.58. The van der Waals surface area contributed by atoms with Crippen molar-refractivity contribution in [1.29, 1.82) is 0 Å². The summed E-state index contributed by atoms with van der Waals surface area (Å²) in [4.78, 5) is 17.6. The lowest BCUT2D eigenvalue weighted by atomic mass is 10.0. The highest BCUT2D eigenvalue weighted by molar-refractivity contribution is 5.98. The summed E-state index contributed by atoms with van der Waals surface area (Å²) in [5.74, 6) is 1.28. The Hall–Kier alpha value is -1.52. The number of hydrogen-bond donors (Lipinski definition) is 1. The molecule has 0 fully saturated rings. The molecule has 1 atom stereocenters. The van der Waals surface area contributed by atoms with Gasteiger partial charge in [-0.05, 0) is 6.42 Å². The third-order valence-electron chi connectivity index (χ3n) is 6.44. The van der Waals surface area contributed by atoms with Gasteiger partial charge in [0.05, 0.1) is 13.2 Å². The van der Waals surface area contributed by atoms with Gasteiger partial charge in [0.25, 0.3) is 0 Å². The first-order chi connectivity index (χ1) is 14.7. The number of aliphatic hydroxyl groups excluding tert-OH is 1. The molecule has 4 heteroatoms. The van der Waals surface area contributed by atoms with Crippen molar-refractivity contribution in [3.8, 4) is 0 Å². The summed E-state index contributed by atoms with van der Waals surface area (Å²) in [5, 5.41) is 9.67. The monoisotopic (exact) mass is 415 g/mol. The Morgan fingerprint density at radius 3 is 2.13 bits per heavy atom. The second kappa shape index (κ2) is 14.5. The number of benzene rings is 1. The smallest absolute Gasteiger partial charge is 0.217 e. The van der Waals surface area contributed by atoms with Crippen molar-refractivity contribution in [2.24, 2.45) is 4.99 Å². The van der Waals surface area contributed by atoms with Crippen LogP contribution in [0.4, 0.5) is 0 Å². The highest BCUT2D eigenvalue weighted by Gasteiger charge is 2.39. The van der Waals surface area contributed by atoms with E-state index in [0.29, 0.717) is 17.6 Å². The maximum Gasteiger partial charge on any atom is 0.217 e. The van der Waals surface area contributed by atoms with Crippen molar-refractivity contribution in [3.05, 3.63) is 35.9 Å². The van der Waals surface area contributed by atoms with E-state index in [1.807, 2.05) is 30.3 Å². The van der Waals surface area contributed by atoms with Crippen molar-refractivity contribution in [1.82, 2.24) is 0 Å². The van der Waals surface area contributed by atoms with Crippen LogP contribution in [0.1, 0.15) is 94.3 Å². The topological polar surface area (TPSA) is 49.7 Å². The van der Waals surface area contributed by atoms with Gasteiger partial charge >= 0.3 is 0 Å². The van der Waals surface area contributed by atoms with Gasteiger partial charge in [-0.15, -0.1) is 0 Å². The van der Waals surface area contributed by atoms with Gasteiger partial charge in [-0.25, -0.2) is 4.99 Å². The molecule has 1 aliphatic rings. The Labute approximate surface area is 184 Å². The van der Waals surface area contributed by atoms with Crippen LogP contribution in [0.3, 0.4) is 0 Å². The van der Waals surface area contributed by atoms with E-state index in [-0.39, 0.29) is 12.4 Å². The summed E-state index contributed by atoms with van der Waals surface area (Å²) in [6.45, 7) is 4.99. The van der Waals surface area contributed by atoms with Gasteiger partial charge in [0.1, 0.15) is 19.6 Å². The number of nitrogens with zero attached hydrogens (tertiary/aromatic N) is 2. The number of quaternary nitrogens is 1. The first-order valence-corrected chi connectivity index (χ1v) is 12.3. The summed E-state index contributed by atoms with van der Waals surface area (Å²) in [6.07, 6.45) is 15.6. The number of amidine groups is 1. The molecule has 0 aliphatic carbocycles. The minimum absolute atomic E-state index is 0.0966. The average Bonchev–Trinajstić information content (AvgIpc) is 3.14. The molecule has 168 valence electrons. The Balaban J connectivity index is 1.70. The van der Waals surface area contributed by atoms with Crippen LogP contribution in [0.5, 0.6) is 0 Å². The molecular weight excluding hydrogens is 372 g/mol. The zero-order valence-electron chi connectivity index (χ0n) is 19.2. The van der Waals surface area contributed by atoms with Crippen LogP contribution in [0.25, 0.3) is 0 Å². The zero-order chi connectivity index (χ0) is 21.5. The maximum atomic E-state index is 12.8. The molecule has 1 aromatic rings. The quantitative estimate of drug-likeness (QED) is 0.199. The molecule has 1 heterocycles. The first kappa shape index (κ1) is 24.7. The largest absolute Gasteiger partial charge is 0.390 e.